The Balaban J connectivity index is 1.72. The second-order valence-corrected chi connectivity index (χ2v) is 6.19. The van der Waals surface area contributed by atoms with E-state index in [4.69, 9.17) is 9.47 Å². The third kappa shape index (κ3) is 3.92. The lowest BCUT2D eigenvalue weighted by atomic mass is 9.96. The maximum absolute atomic E-state index is 5.59. The van der Waals surface area contributed by atoms with Crippen molar-refractivity contribution in [3.8, 4) is 0 Å². The van der Waals surface area contributed by atoms with E-state index in [1.165, 1.54) is 19.4 Å². The van der Waals surface area contributed by atoms with Gasteiger partial charge in [-0.3, -0.25) is 4.90 Å². The summed E-state index contributed by atoms with van der Waals surface area (Å²) in [5, 5.41) is 3.71. The first kappa shape index (κ1) is 14.3. The van der Waals surface area contributed by atoms with Crippen LogP contribution in [0.25, 0.3) is 0 Å². The monoisotopic (exact) mass is 256 g/mol. The first-order chi connectivity index (χ1) is 8.63. The van der Waals surface area contributed by atoms with Crippen LogP contribution in [0, 0.1) is 5.92 Å². The van der Waals surface area contributed by atoms with Crippen LogP contribution >= 0.6 is 0 Å². The van der Waals surface area contributed by atoms with Crippen molar-refractivity contribution in [3.05, 3.63) is 0 Å². The molecule has 1 atom stereocenters. The maximum Gasteiger partial charge on any atom is 0.0700 e. The quantitative estimate of drug-likeness (QED) is 0.692. The summed E-state index contributed by atoms with van der Waals surface area (Å²) in [5.41, 5.74) is 0.246. The van der Waals surface area contributed by atoms with E-state index in [9.17, 15) is 0 Å². The zero-order valence-corrected chi connectivity index (χ0v) is 12.1. The van der Waals surface area contributed by atoms with Crippen LogP contribution in [0.15, 0.2) is 0 Å². The van der Waals surface area contributed by atoms with E-state index in [0.717, 1.165) is 25.6 Å². The van der Waals surface area contributed by atoms with Crippen LogP contribution in [0.5, 0.6) is 0 Å². The van der Waals surface area contributed by atoms with Gasteiger partial charge in [-0.05, 0) is 32.6 Å². The molecule has 0 aromatic rings. The van der Waals surface area contributed by atoms with Crippen LogP contribution in [0.3, 0.4) is 0 Å². The fourth-order valence-electron chi connectivity index (χ4n) is 2.67. The van der Waals surface area contributed by atoms with Crippen molar-refractivity contribution < 1.29 is 9.47 Å². The predicted molar refractivity (Wildman–Crippen MR) is 72.9 cm³/mol. The molecule has 18 heavy (non-hydrogen) atoms. The van der Waals surface area contributed by atoms with Gasteiger partial charge in [-0.1, -0.05) is 0 Å². The van der Waals surface area contributed by atoms with Crippen molar-refractivity contribution in [2.75, 3.05) is 46.6 Å². The molecule has 106 valence electrons. The van der Waals surface area contributed by atoms with E-state index in [1.807, 2.05) is 0 Å². The van der Waals surface area contributed by atoms with Gasteiger partial charge in [-0.25, -0.2) is 0 Å². The molecule has 1 N–H and O–H groups in total. The Morgan fingerprint density at radius 2 is 2.00 bits per heavy atom. The molecule has 1 unspecified atom stereocenters. The fourth-order valence-corrected chi connectivity index (χ4v) is 2.67. The molecular formula is C14H28N2O2. The Labute approximate surface area is 111 Å². The highest BCUT2D eigenvalue weighted by Crippen LogP contribution is 2.35. The molecule has 2 fully saturated rings. The highest BCUT2D eigenvalue weighted by Gasteiger charge is 2.39. The minimum absolute atomic E-state index is 0.246. The third-order valence-electron chi connectivity index (χ3n) is 4.20. The van der Waals surface area contributed by atoms with Crippen LogP contribution in [-0.4, -0.2) is 63.0 Å². The van der Waals surface area contributed by atoms with Crippen molar-refractivity contribution in [3.63, 3.8) is 0 Å². The van der Waals surface area contributed by atoms with Crippen molar-refractivity contribution in [2.24, 2.45) is 5.92 Å². The Morgan fingerprint density at radius 3 is 2.67 bits per heavy atom. The average molecular weight is 256 g/mol. The average Bonchev–Trinajstić information content (AvgIpc) is 3.14. The smallest absolute Gasteiger partial charge is 0.0700 e. The van der Waals surface area contributed by atoms with E-state index in [2.05, 4.69) is 24.1 Å². The summed E-state index contributed by atoms with van der Waals surface area (Å²) in [7, 11) is 1.71. The van der Waals surface area contributed by atoms with Crippen molar-refractivity contribution in [2.45, 2.75) is 38.3 Å². The van der Waals surface area contributed by atoms with Crippen LogP contribution in [0.4, 0.5) is 0 Å². The van der Waals surface area contributed by atoms with Gasteiger partial charge in [0.2, 0.25) is 0 Å². The van der Waals surface area contributed by atoms with Gasteiger partial charge in [0, 0.05) is 38.3 Å². The molecule has 2 aliphatic rings. The lowest BCUT2D eigenvalue weighted by Gasteiger charge is -2.46. The number of piperazine rings is 1. The number of hydrogen-bond donors (Lipinski definition) is 1. The normalized spacial score (nSPS) is 28.5. The molecule has 4 heteroatoms. The topological polar surface area (TPSA) is 33.7 Å². The highest BCUT2D eigenvalue weighted by atomic mass is 16.5. The van der Waals surface area contributed by atoms with E-state index >= 15 is 0 Å². The Kier molecular flexibility index (Phi) is 5.01. The molecule has 0 radical (unpaired) electrons. The second-order valence-electron chi connectivity index (χ2n) is 6.19. The zero-order valence-electron chi connectivity index (χ0n) is 12.1. The van der Waals surface area contributed by atoms with Crippen LogP contribution in [0.2, 0.25) is 0 Å². The van der Waals surface area contributed by atoms with Crippen molar-refractivity contribution >= 4 is 0 Å². The number of nitrogens with zero attached hydrogens (tertiary/aromatic N) is 1. The summed E-state index contributed by atoms with van der Waals surface area (Å²) in [6, 6.07) is 0.706. The summed E-state index contributed by atoms with van der Waals surface area (Å²) >= 11 is 0. The molecule has 1 saturated heterocycles. The summed E-state index contributed by atoms with van der Waals surface area (Å²) in [6.45, 7) is 10.1. The van der Waals surface area contributed by atoms with Crippen LogP contribution < -0.4 is 5.32 Å². The fraction of sp³-hybridized carbons (Fsp3) is 1.00. The molecule has 0 aromatic carbocycles. The molecule has 1 aliphatic carbocycles. The van der Waals surface area contributed by atoms with Gasteiger partial charge in [0.1, 0.15) is 0 Å². The molecule has 1 heterocycles. The van der Waals surface area contributed by atoms with Gasteiger partial charge in [0.15, 0.2) is 0 Å². The first-order valence-corrected chi connectivity index (χ1v) is 7.18. The summed E-state index contributed by atoms with van der Waals surface area (Å²) in [5.74, 6) is 0.929. The summed E-state index contributed by atoms with van der Waals surface area (Å²) in [4.78, 5) is 2.58. The number of hydrogen-bond acceptors (Lipinski definition) is 4. The standard InChI is InChI=1S/C14H28N2O2/c1-14(2)11-15-13(12-4-5-12)10-16(14)6-7-18-9-8-17-3/h12-13,15H,4-11H2,1-3H3. The van der Waals surface area contributed by atoms with Gasteiger partial charge in [0.05, 0.1) is 19.8 Å². The van der Waals surface area contributed by atoms with E-state index in [0.29, 0.717) is 19.3 Å². The van der Waals surface area contributed by atoms with Gasteiger partial charge in [0.25, 0.3) is 0 Å². The second kappa shape index (κ2) is 6.33. The summed E-state index contributed by atoms with van der Waals surface area (Å²) < 4.78 is 10.6. The Bertz CT molecular complexity index is 254. The molecule has 0 bridgehead atoms. The molecule has 0 spiro atoms. The van der Waals surface area contributed by atoms with Crippen molar-refractivity contribution in [1.82, 2.24) is 10.2 Å². The molecule has 1 aliphatic heterocycles. The number of ether oxygens (including phenoxy) is 2. The van der Waals surface area contributed by atoms with E-state index in [1.54, 1.807) is 7.11 Å². The molecule has 2 rings (SSSR count). The van der Waals surface area contributed by atoms with Crippen LogP contribution in [0.1, 0.15) is 26.7 Å². The van der Waals surface area contributed by atoms with Gasteiger partial charge in [-0.15, -0.1) is 0 Å². The number of nitrogens with one attached hydrogen (secondary N) is 1. The van der Waals surface area contributed by atoms with Crippen molar-refractivity contribution in [1.29, 1.82) is 0 Å². The SMILES string of the molecule is COCCOCCN1CC(C2CC2)NCC1(C)C. The molecule has 0 amide bonds. The lowest BCUT2D eigenvalue weighted by molar-refractivity contribution is 0.0133. The number of rotatable bonds is 7. The van der Waals surface area contributed by atoms with Gasteiger partial charge in [-0.2, -0.15) is 0 Å². The largest absolute Gasteiger partial charge is 0.382 e. The Morgan fingerprint density at radius 1 is 1.22 bits per heavy atom. The first-order valence-electron chi connectivity index (χ1n) is 7.18. The van der Waals surface area contributed by atoms with Crippen LogP contribution in [-0.2, 0) is 9.47 Å². The summed E-state index contributed by atoms with van der Waals surface area (Å²) in [6.07, 6.45) is 2.83. The Hall–Kier alpha value is -0.160. The van der Waals surface area contributed by atoms with Gasteiger partial charge >= 0.3 is 0 Å². The minimum Gasteiger partial charge on any atom is -0.382 e. The molecular weight excluding hydrogens is 228 g/mol. The van der Waals surface area contributed by atoms with Gasteiger partial charge < -0.3 is 14.8 Å². The predicted octanol–water partition coefficient (Wildman–Crippen LogP) is 1.11. The molecule has 0 aromatic heterocycles. The molecule has 4 nitrogen and oxygen atoms in total. The molecule has 1 saturated carbocycles. The zero-order chi connectivity index (χ0) is 13.0. The third-order valence-corrected chi connectivity index (χ3v) is 4.20. The highest BCUT2D eigenvalue weighted by molar-refractivity contribution is 4.98. The van der Waals surface area contributed by atoms with E-state index in [-0.39, 0.29) is 5.54 Å². The maximum atomic E-state index is 5.59. The lowest BCUT2D eigenvalue weighted by Crippen LogP contribution is -2.63. The van der Waals surface area contributed by atoms with E-state index < -0.39 is 0 Å². The number of methoxy groups -OCH3 is 1. The minimum atomic E-state index is 0.246.